The maximum Gasteiger partial charge on any atom is 0.306 e. The van der Waals surface area contributed by atoms with Gasteiger partial charge >= 0.3 is 11.9 Å². The van der Waals surface area contributed by atoms with Crippen LogP contribution in [0.15, 0.2) is 47.1 Å². The van der Waals surface area contributed by atoms with Gasteiger partial charge in [0.15, 0.2) is 12.4 Å². The van der Waals surface area contributed by atoms with Gasteiger partial charge in [0.2, 0.25) is 5.78 Å². The largest absolute Gasteiger partial charge is 0.462 e. The summed E-state index contributed by atoms with van der Waals surface area (Å²) < 4.78 is 11.6. The van der Waals surface area contributed by atoms with Crippen LogP contribution in [0.5, 0.6) is 0 Å². The molecule has 0 amide bonds. The number of allylic oxidation sites excluding steroid dienone is 5. The fraction of sp³-hybridized carbons (Fsp3) is 0.812. The molecule has 0 aliphatic heterocycles. The highest BCUT2D eigenvalue weighted by Crippen LogP contribution is 2.67. The van der Waals surface area contributed by atoms with Crippen LogP contribution in [-0.2, 0) is 33.4 Å². The molecule has 11 unspecified atom stereocenters. The van der Waals surface area contributed by atoms with Gasteiger partial charge in [-0.25, -0.2) is 0 Å². The zero-order valence-corrected chi connectivity index (χ0v) is 51.2. The van der Waals surface area contributed by atoms with Gasteiger partial charge in [0.1, 0.15) is 17.5 Å². The molecular weight excluding hydrogens is 987 g/mol. The van der Waals surface area contributed by atoms with Crippen molar-refractivity contribution in [2.75, 3.05) is 32.8 Å². The molecule has 7 aliphatic carbocycles. The Morgan fingerprint density at radius 1 is 0.759 bits per heavy atom. The zero-order chi connectivity index (χ0) is 57.4. The number of unbranched alkanes of at least 4 members (excludes halogenated alkanes) is 8. The van der Waals surface area contributed by atoms with Gasteiger partial charge in [-0.1, -0.05) is 142 Å². The van der Waals surface area contributed by atoms with Crippen LogP contribution >= 0.6 is 0 Å². The number of hydrogen-bond acceptors (Lipinski definition) is 10. The van der Waals surface area contributed by atoms with Crippen molar-refractivity contribution in [1.82, 2.24) is 4.90 Å². The molecule has 7 aliphatic rings. The lowest BCUT2D eigenvalue weighted by Gasteiger charge is -2.57. The Kier molecular flexibility index (Phi) is 25.0. The number of ether oxygens (including phenoxy) is 2. The van der Waals surface area contributed by atoms with Crippen LogP contribution in [0.2, 0.25) is 0 Å². The maximum absolute atomic E-state index is 14.0. The molecule has 10 nitrogen and oxygen atoms in total. The average Bonchev–Trinajstić information content (AvgIpc) is 3.57. The van der Waals surface area contributed by atoms with E-state index in [-0.39, 0.29) is 72.7 Å². The normalized spacial score (nSPS) is 32.7. The monoisotopic (exact) mass is 1100 g/mol. The van der Waals surface area contributed by atoms with Crippen molar-refractivity contribution in [3.8, 4) is 0 Å². The number of fused-ring (bicyclic) bond motifs is 6. The van der Waals surface area contributed by atoms with E-state index in [1.807, 2.05) is 20.8 Å². The minimum Gasteiger partial charge on any atom is -0.462 e. The molecular formula is C69H111NO9. The van der Waals surface area contributed by atoms with Gasteiger partial charge in [0.25, 0.3) is 0 Å². The van der Waals surface area contributed by atoms with E-state index >= 15 is 0 Å². The van der Waals surface area contributed by atoms with Crippen molar-refractivity contribution >= 4 is 29.3 Å². The van der Waals surface area contributed by atoms with Gasteiger partial charge in [-0.05, 0) is 193 Å². The van der Waals surface area contributed by atoms with Gasteiger partial charge in [-0.2, -0.15) is 0 Å². The lowest BCUT2D eigenvalue weighted by molar-refractivity contribution is -0.173. The predicted octanol–water partition coefficient (Wildman–Crippen LogP) is 15.1. The fourth-order valence-electron chi connectivity index (χ4n) is 17.0. The van der Waals surface area contributed by atoms with Crippen molar-refractivity contribution in [3.63, 3.8) is 0 Å². The molecule has 0 spiro atoms. The number of Topliss-reactive ketones (excluding diaryl/α,β-unsaturated/α-hetero) is 2. The standard InChI is InChI=1S/C67H105NO9.C2H6/c1-47(2)21-19-22-49(4)56-32-33-57-50(23-20-36-65(56,57)6)27-28-51-43-54(30-26-48(51)3)77-62(74)25-14-10-12-16-40-68(41-17-18-42-69)39-15-11-8-9-13-24-61(73)76-46-60(72)67(75)38-35-58-55-31-29-52-44-53(70)34-37-64(52,5)63(55)59(71)45-66(58,67)7;1-2/h27-28,44,47,49,54-58,63,69,75H,3,8-26,29-43,45-46H2,1-2,4-7H3;1-2H3/b50-27+,51-28-;. The average molecular weight is 1100 g/mol. The Labute approximate surface area is 479 Å². The number of rotatable bonds is 29. The molecule has 0 heterocycles. The van der Waals surface area contributed by atoms with Gasteiger partial charge in [0.05, 0.1) is 0 Å². The Hall–Kier alpha value is -3.21. The Morgan fingerprint density at radius 2 is 1.43 bits per heavy atom. The summed E-state index contributed by atoms with van der Waals surface area (Å²) in [6, 6.07) is 0. The molecule has 0 bridgehead atoms. The van der Waals surface area contributed by atoms with E-state index in [2.05, 4.69) is 58.2 Å². The number of aliphatic hydroxyl groups is 2. The third-order valence-corrected chi connectivity index (χ3v) is 21.6. The molecule has 0 aromatic carbocycles. The highest BCUT2D eigenvalue weighted by Gasteiger charge is 2.68. The first kappa shape index (κ1) is 65.0. The highest BCUT2D eigenvalue weighted by atomic mass is 16.5. The number of hydrogen-bond donors (Lipinski definition) is 2. The summed E-state index contributed by atoms with van der Waals surface area (Å²) in [6.45, 7) is 25.0. The second-order valence-corrected chi connectivity index (χ2v) is 27.1. The highest BCUT2D eigenvalue weighted by molar-refractivity contribution is 5.95. The first-order chi connectivity index (χ1) is 37.8. The summed E-state index contributed by atoms with van der Waals surface area (Å²) in [7, 11) is 0. The lowest BCUT2D eigenvalue weighted by Crippen LogP contribution is -2.61. The van der Waals surface area contributed by atoms with Crippen molar-refractivity contribution in [1.29, 1.82) is 0 Å². The minimum atomic E-state index is -1.71. The second-order valence-electron chi connectivity index (χ2n) is 27.1. The van der Waals surface area contributed by atoms with Crippen LogP contribution in [-0.4, -0.2) is 89.0 Å². The fourth-order valence-corrected chi connectivity index (χ4v) is 17.0. The van der Waals surface area contributed by atoms with Crippen molar-refractivity contribution in [2.45, 2.75) is 266 Å². The topological polar surface area (TPSA) is 148 Å². The Balaban J connectivity index is 0.00000498. The molecule has 0 radical (unpaired) electrons. The Morgan fingerprint density at radius 3 is 2.13 bits per heavy atom. The summed E-state index contributed by atoms with van der Waals surface area (Å²) in [6.07, 6.45) is 34.4. The number of nitrogens with zero attached hydrogens (tertiary/aromatic N) is 1. The smallest absolute Gasteiger partial charge is 0.306 e. The van der Waals surface area contributed by atoms with Gasteiger partial charge in [-0.15, -0.1) is 0 Å². The molecule has 6 saturated carbocycles. The molecule has 10 heteroatoms. The molecule has 0 saturated heterocycles. The van der Waals surface area contributed by atoms with E-state index in [0.717, 1.165) is 139 Å². The number of aliphatic hydroxyl groups excluding tert-OH is 1. The second kappa shape index (κ2) is 30.4. The van der Waals surface area contributed by atoms with Gasteiger partial charge in [-0.3, -0.25) is 24.0 Å². The van der Waals surface area contributed by atoms with Crippen LogP contribution in [0.4, 0.5) is 0 Å². The first-order valence-corrected chi connectivity index (χ1v) is 32.6. The quantitative estimate of drug-likeness (QED) is 0.0548. The molecule has 0 aromatic rings. The van der Waals surface area contributed by atoms with E-state index in [1.54, 1.807) is 11.6 Å². The first-order valence-electron chi connectivity index (χ1n) is 32.6. The zero-order valence-electron chi connectivity index (χ0n) is 51.2. The summed E-state index contributed by atoms with van der Waals surface area (Å²) >= 11 is 0. The van der Waals surface area contributed by atoms with Crippen LogP contribution in [0.3, 0.4) is 0 Å². The number of carbonyl (C=O) groups excluding carboxylic acids is 5. The van der Waals surface area contributed by atoms with Crippen molar-refractivity contribution in [2.24, 2.45) is 57.7 Å². The van der Waals surface area contributed by atoms with Gasteiger partial charge in [0, 0.05) is 50.0 Å². The van der Waals surface area contributed by atoms with Crippen molar-refractivity contribution < 1.29 is 43.7 Å². The summed E-state index contributed by atoms with van der Waals surface area (Å²) in [4.78, 5) is 68.3. The summed E-state index contributed by atoms with van der Waals surface area (Å²) in [5, 5.41) is 21.5. The third kappa shape index (κ3) is 16.1. The SMILES string of the molecule is C=C1CCC(OC(=O)CCCCCCN(CCCCO)CCCCCCCC(=O)OCC(=O)C2(O)CCC3C4CCC5=CC(=O)CCC5(C)C4C(=O)CC32C)C/C1=C/C=C1\CCCC2(C)C1CCC2C(C)CCCC(C)C.CC. The van der Waals surface area contributed by atoms with Crippen LogP contribution in [0.1, 0.15) is 254 Å². The lowest BCUT2D eigenvalue weighted by atomic mass is 9.46. The molecule has 446 valence electrons. The maximum atomic E-state index is 14.0. The van der Waals surface area contributed by atoms with E-state index in [9.17, 15) is 34.2 Å². The van der Waals surface area contributed by atoms with E-state index < -0.39 is 29.4 Å². The molecule has 0 aromatic heterocycles. The van der Waals surface area contributed by atoms with E-state index in [4.69, 9.17) is 9.47 Å². The van der Waals surface area contributed by atoms with Crippen LogP contribution in [0, 0.1) is 57.7 Å². The number of ketones is 3. The third-order valence-electron chi connectivity index (χ3n) is 21.6. The number of esters is 2. The molecule has 6 fully saturated rings. The predicted molar refractivity (Wildman–Crippen MR) is 318 cm³/mol. The summed E-state index contributed by atoms with van der Waals surface area (Å²) in [5.74, 6) is 2.22. The van der Waals surface area contributed by atoms with E-state index in [1.165, 1.54) is 62.5 Å². The van der Waals surface area contributed by atoms with E-state index in [0.29, 0.717) is 43.4 Å². The molecule has 11 atom stereocenters. The molecule has 2 N–H and O–H groups in total. The number of carbonyl (C=O) groups is 5. The Bertz CT molecular complexity index is 2160. The van der Waals surface area contributed by atoms with Gasteiger partial charge < -0.3 is 24.6 Å². The minimum absolute atomic E-state index is 0.0175. The summed E-state index contributed by atoms with van der Waals surface area (Å²) in [5.41, 5.74) is 2.66. The van der Waals surface area contributed by atoms with Crippen LogP contribution in [0.25, 0.3) is 0 Å². The van der Waals surface area contributed by atoms with Crippen LogP contribution < -0.4 is 0 Å². The van der Waals surface area contributed by atoms with Crippen molar-refractivity contribution in [3.05, 3.63) is 47.1 Å². The molecule has 79 heavy (non-hydrogen) atoms. The molecule has 7 rings (SSSR count).